The van der Waals surface area contributed by atoms with Crippen LogP contribution >= 0.6 is 35.0 Å². The molecule has 0 aliphatic carbocycles. The summed E-state index contributed by atoms with van der Waals surface area (Å²) in [7, 11) is 1.62. The fraction of sp³-hybridized carbons (Fsp3) is 0.429. The lowest BCUT2D eigenvalue weighted by Gasteiger charge is -2.38. The molecule has 198 valence electrons. The van der Waals surface area contributed by atoms with Crippen molar-refractivity contribution in [1.82, 2.24) is 9.88 Å². The van der Waals surface area contributed by atoms with Gasteiger partial charge in [0.25, 0.3) is 0 Å². The Balaban J connectivity index is 1.35. The molecule has 37 heavy (non-hydrogen) atoms. The van der Waals surface area contributed by atoms with E-state index in [1.54, 1.807) is 25.1 Å². The first kappa shape index (κ1) is 28.0. The molecule has 2 heterocycles. The molecule has 2 aromatic carbocycles. The third-order valence-corrected chi connectivity index (χ3v) is 9.11. The number of aliphatic hydroxyl groups is 1. The summed E-state index contributed by atoms with van der Waals surface area (Å²) < 4.78 is 5.35. The largest absolute Gasteiger partial charge is 0.497 e. The van der Waals surface area contributed by atoms with Gasteiger partial charge in [0, 0.05) is 41.7 Å². The monoisotopic (exact) mass is 562 g/mol. The van der Waals surface area contributed by atoms with Crippen LogP contribution in [0.25, 0.3) is 10.9 Å². The van der Waals surface area contributed by atoms with Crippen molar-refractivity contribution in [3.05, 3.63) is 64.3 Å². The Morgan fingerprint density at radius 3 is 2.73 bits per heavy atom. The van der Waals surface area contributed by atoms with Crippen molar-refractivity contribution in [2.45, 2.75) is 36.7 Å². The Bertz CT molecular complexity index is 1210. The number of methoxy groups -OCH3 is 1. The van der Waals surface area contributed by atoms with Gasteiger partial charge in [-0.1, -0.05) is 29.3 Å². The maximum Gasteiger partial charge on any atom is 0.303 e. The van der Waals surface area contributed by atoms with Crippen molar-refractivity contribution in [3.8, 4) is 5.75 Å². The summed E-state index contributed by atoms with van der Waals surface area (Å²) >= 11 is 14.2. The van der Waals surface area contributed by atoms with E-state index in [9.17, 15) is 15.0 Å². The van der Waals surface area contributed by atoms with Gasteiger partial charge in [-0.3, -0.25) is 9.78 Å². The number of hydrogen-bond acceptors (Lipinski definition) is 6. The van der Waals surface area contributed by atoms with Crippen molar-refractivity contribution in [2.24, 2.45) is 11.8 Å². The summed E-state index contributed by atoms with van der Waals surface area (Å²) in [5, 5.41) is 22.8. The Morgan fingerprint density at radius 1 is 1.22 bits per heavy atom. The molecule has 1 unspecified atom stereocenters. The van der Waals surface area contributed by atoms with Crippen LogP contribution in [0.4, 0.5) is 0 Å². The number of piperidine rings is 1. The fourth-order valence-corrected chi connectivity index (χ4v) is 6.87. The van der Waals surface area contributed by atoms with Crippen LogP contribution in [0.5, 0.6) is 5.75 Å². The highest BCUT2D eigenvalue weighted by molar-refractivity contribution is 7.99. The van der Waals surface area contributed by atoms with Gasteiger partial charge in [-0.15, -0.1) is 11.8 Å². The first-order chi connectivity index (χ1) is 17.9. The minimum atomic E-state index is -0.776. The van der Waals surface area contributed by atoms with Crippen LogP contribution in [0, 0.1) is 11.8 Å². The smallest absolute Gasteiger partial charge is 0.303 e. The molecule has 3 aromatic rings. The molecule has 1 aliphatic heterocycles. The highest BCUT2D eigenvalue weighted by Gasteiger charge is 2.31. The highest BCUT2D eigenvalue weighted by Crippen LogP contribution is 2.36. The molecule has 4 rings (SSSR count). The second kappa shape index (κ2) is 13.2. The Morgan fingerprint density at radius 2 is 2.00 bits per heavy atom. The summed E-state index contributed by atoms with van der Waals surface area (Å²) in [6.07, 6.45) is 3.44. The van der Waals surface area contributed by atoms with E-state index in [1.165, 1.54) is 0 Å². The van der Waals surface area contributed by atoms with Crippen LogP contribution in [0.15, 0.2) is 53.6 Å². The van der Waals surface area contributed by atoms with Gasteiger partial charge >= 0.3 is 5.97 Å². The Kier molecular flexibility index (Phi) is 9.96. The first-order valence-electron chi connectivity index (χ1n) is 12.5. The predicted octanol–water partition coefficient (Wildman–Crippen LogP) is 6.57. The van der Waals surface area contributed by atoms with E-state index in [0.717, 1.165) is 65.3 Å². The number of pyridine rings is 1. The van der Waals surface area contributed by atoms with Gasteiger partial charge in [0.1, 0.15) is 5.75 Å². The SMILES string of the molecule is COc1ccc2nccc(C(O)CC[C@@H]3CCN(CCSc4c(Cl)cccc4Cl)C[C@@H]3CC(=O)O)c2c1. The number of hydrogen-bond donors (Lipinski definition) is 2. The summed E-state index contributed by atoms with van der Waals surface area (Å²) in [6.45, 7) is 2.48. The molecule has 1 aliphatic rings. The number of aliphatic carboxylic acids is 1. The molecule has 0 radical (unpaired) electrons. The normalized spacial score (nSPS) is 19.1. The van der Waals surface area contributed by atoms with E-state index in [0.29, 0.717) is 16.5 Å². The van der Waals surface area contributed by atoms with Crippen molar-refractivity contribution in [1.29, 1.82) is 0 Å². The molecule has 0 saturated carbocycles. The molecule has 1 saturated heterocycles. The summed E-state index contributed by atoms with van der Waals surface area (Å²) in [6, 6.07) is 13.0. The van der Waals surface area contributed by atoms with Gasteiger partial charge in [-0.2, -0.15) is 0 Å². The van der Waals surface area contributed by atoms with Crippen molar-refractivity contribution >= 4 is 51.8 Å². The zero-order valence-electron chi connectivity index (χ0n) is 20.8. The number of nitrogens with zero attached hydrogens (tertiary/aromatic N) is 2. The van der Waals surface area contributed by atoms with E-state index >= 15 is 0 Å². The summed E-state index contributed by atoms with van der Waals surface area (Å²) in [5.74, 6) is 1.06. The standard InChI is InChI=1S/C28H32Cl2N2O4S/c1-36-20-6-7-25-22(16-20)21(9-11-31-25)26(33)8-5-18-10-12-32(17-19(18)15-27(34)35)13-14-37-28-23(29)3-2-4-24(28)30/h2-4,6-7,9,11,16,18-19,26,33H,5,8,10,12-15,17H2,1H3,(H,34,35)/t18-,19+,26?/m1/s1. The van der Waals surface area contributed by atoms with E-state index in [-0.39, 0.29) is 18.3 Å². The maximum absolute atomic E-state index is 11.6. The van der Waals surface area contributed by atoms with Crippen LogP contribution in [0.1, 0.15) is 37.4 Å². The molecule has 3 atom stereocenters. The van der Waals surface area contributed by atoms with Crippen molar-refractivity contribution in [2.75, 3.05) is 32.5 Å². The molecule has 0 spiro atoms. The van der Waals surface area contributed by atoms with Crippen LogP contribution < -0.4 is 4.74 Å². The second-order valence-corrected chi connectivity index (χ2v) is 11.4. The van der Waals surface area contributed by atoms with E-state index < -0.39 is 12.1 Å². The number of benzene rings is 2. The average Bonchev–Trinajstić information content (AvgIpc) is 2.88. The predicted molar refractivity (Wildman–Crippen MR) is 150 cm³/mol. The lowest BCUT2D eigenvalue weighted by molar-refractivity contribution is -0.139. The lowest BCUT2D eigenvalue weighted by Crippen LogP contribution is -2.42. The minimum Gasteiger partial charge on any atom is -0.497 e. The lowest BCUT2D eigenvalue weighted by atomic mass is 9.79. The number of carboxylic acids is 1. The number of aromatic nitrogens is 1. The number of carbonyl (C=O) groups is 1. The Hall–Kier alpha value is -2.03. The number of fused-ring (bicyclic) bond motifs is 1. The number of aliphatic hydroxyl groups excluding tert-OH is 1. The maximum atomic E-state index is 11.6. The van der Waals surface area contributed by atoms with E-state index in [2.05, 4.69) is 9.88 Å². The topological polar surface area (TPSA) is 82.9 Å². The molecular formula is C28H32Cl2N2O4S. The summed E-state index contributed by atoms with van der Waals surface area (Å²) in [4.78, 5) is 19.3. The molecule has 0 amide bonds. The zero-order chi connectivity index (χ0) is 26.4. The number of carboxylic acid groups (broad SMARTS) is 1. The van der Waals surface area contributed by atoms with Gasteiger partial charge in [-0.25, -0.2) is 0 Å². The van der Waals surface area contributed by atoms with Crippen molar-refractivity contribution < 1.29 is 19.7 Å². The second-order valence-electron chi connectivity index (χ2n) is 9.48. The molecule has 9 heteroatoms. The van der Waals surface area contributed by atoms with Gasteiger partial charge in [0.05, 0.1) is 28.8 Å². The number of rotatable bonds is 11. The molecule has 1 aromatic heterocycles. The number of ether oxygens (including phenoxy) is 1. The van der Waals surface area contributed by atoms with Gasteiger partial charge in [0.15, 0.2) is 0 Å². The number of thioether (sulfide) groups is 1. The van der Waals surface area contributed by atoms with E-state index in [4.69, 9.17) is 27.9 Å². The van der Waals surface area contributed by atoms with Crippen LogP contribution in [-0.4, -0.2) is 58.6 Å². The summed E-state index contributed by atoms with van der Waals surface area (Å²) in [5.41, 5.74) is 1.64. The molecule has 2 N–H and O–H groups in total. The molecular weight excluding hydrogens is 531 g/mol. The van der Waals surface area contributed by atoms with Crippen molar-refractivity contribution in [3.63, 3.8) is 0 Å². The van der Waals surface area contributed by atoms with Crippen LogP contribution in [0.2, 0.25) is 10.0 Å². The molecule has 0 bridgehead atoms. The minimum absolute atomic E-state index is 0.0432. The van der Waals surface area contributed by atoms with Crippen LogP contribution in [0.3, 0.4) is 0 Å². The zero-order valence-corrected chi connectivity index (χ0v) is 23.1. The average molecular weight is 564 g/mol. The third-order valence-electron chi connectivity index (χ3n) is 7.14. The highest BCUT2D eigenvalue weighted by atomic mass is 35.5. The van der Waals surface area contributed by atoms with Gasteiger partial charge in [0.2, 0.25) is 0 Å². The molecule has 1 fully saturated rings. The number of halogens is 2. The number of likely N-dealkylation sites (tertiary alicyclic amines) is 1. The Labute approximate surface area is 231 Å². The van der Waals surface area contributed by atoms with Gasteiger partial charge < -0.3 is 19.8 Å². The first-order valence-corrected chi connectivity index (χ1v) is 14.2. The van der Waals surface area contributed by atoms with Gasteiger partial charge in [-0.05, 0) is 79.6 Å². The van der Waals surface area contributed by atoms with E-state index in [1.807, 2.05) is 42.5 Å². The fourth-order valence-electron chi connectivity index (χ4n) is 5.18. The third kappa shape index (κ3) is 7.30. The molecule has 6 nitrogen and oxygen atoms in total. The van der Waals surface area contributed by atoms with Crippen LogP contribution in [-0.2, 0) is 4.79 Å². The quantitative estimate of drug-likeness (QED) is 0.256.